The summed E-state index contributed by atoms with van der Waals surface area (Å²) in [5.41, 5.74) is 1.43. The maximum absolute atomic E-state index is 12.8. The largest absolute Gasteiger partial charge is 0.444 e. The molecule has 1 amide bonds. The van der Waals surface area contributed by atoms with Gasteiger partial charge in [-0.25, -0.2) is 8.42 Å². The van der Waals surface area contributed by atoms with Crippen LogP contribution in [0.25, 0.3) is 0 Å². The van der Waals surface area contributed by atoms with E-state index >= 15 is 0 Å². The molecule has 0 spiro atoms. The van der Waals surface area contributed by atoms with E-state index in [9.17, 15) is 13.2 Å². The Labute approximate surface area is 188 Å². The minimum atomic E-state index is -3.65. The highest BCUT2D eigenvalue weighted by molar-refractivity contribution is 9.10. The fourth-order valence-electron chi connectivity index (χ4n) is 2.58. The molecule has 0 unspecified atom stereocenters. The molecule has 2 aromatic carbocycles. The predicted octanol–water partition coefficient (Wildman–Crippen LogP) is 3.99. The molecule has 0 aliphatic carbocycles. The highest BCUT2D eigenvalue weighted by atomic mass is 79.9. The van der Waals surface area contributed by atoms with Crippen molar-refractivity contribution in [3.8, 4) is 0 Å². The number of sulfonamides is 1. The molecule has 10 heteroatoms. The second-order valence-electron chi connectivity index (χ2n) is 6.28. The van der Waals surface area contributed by atoms with Gasteiger partial charge in [0.1, 0.15) is 0 Å². The molecule has 3 rings (SSSR count). The molecule has 0 saturated heterocycles. The smallest absolute Gasteiger partial charge is 0.293 e. The minimum Gasteiger partial charge on any atom is -0.444 e. The van der Waals surface area contributed by atoms with Gasteiger partial charge in [0.25, 0.3) is 5.91 Å². The number of anilines is 1. The molecule has 0 aliphatic rings. The standard InChI is InChI=1S/C20H18BrN3O4S2/c1-24(13-14-5-3-2-4-6-14)30(26,27)16-9-7-15(8-10-16)22-20(29)23-19(25)17-11-12-18(21)28-17/h2-12H,13H2,1H3,(H2,22,23,25,29). The third-order valence-electron chi connectivity index (χ3n) is 4.09. The maximum atomic E-state index is 12.8. The Morgan fingerprint density at radius 2 is 1.73 bits per heavy atom. The van der Waals surface area contributed by atoms with E-state index in [1.807, 2.05) is 30.3 Å². The Morgan fingerprint density at radius 3 is 2.33 bits per heavy atom. The van der Waals surface area contributed by atoms with Gasteiger partial charge in [0.05, 0.1) is 4.90 Å². The van der Waals surface area contributed by atoms with Gasteiger partial charge >= 0.3 is 0 Å². The monoisotopic (exact) mass is 507 g/mol. The number of furan rings is 1. The lowest BCUT2D eigenvalue weighted by Crippen LogP contribution is -2.33. The zero-order valence-electron chi connectivity index (χ0n) is 15.8. The number of thiocarbonyl (C=S) groups is 1. The third kappa shape index (κ3) is 5.54. The number of benzene rings is 2. The summed E-state index contributed by atoms with van der Waals surface area (Å²) in [6.45, 7) is 0.266. The molecule has 0 fully saturated rings. The lowest BCUT2D eigenvalue weighted by Gasteiger charge is -2.17. The van der Waals surface area contributed by atoms with Gasteiger partial charge in [0.15, 0.2) is 15.5 Å². The van der Waals surface area contributed by atoms with Gasteiger partial charge in [-0.05, 0) is 70.1 Å². The quantitative estimate of drug-likeness (QED) is 0.490. The molecule has 0 radical (unpaired) electrons. The number of carbonyl (C=O) groups excluding carboxylic acids is 1. The van der Waals surface area contributed by atoms with Crippen LogP contribution in [0.3, 0.4) is 0 Å². The number of nitrogens with zero attached hydrogens (tertiary/aromatic N) is 1. The highest BCUT2D eigenvalue weighted by Gasteiger charge is 2.21. The zero-order valence-corrected chi connectivity index (χ0v) is 19.1. The van der Waals surface area contributed by atoms with Crippen LogP contribution in [0.4, 0.5) is 5.69 Å². The van der Waals surface area contributed by atoms with Crippen LogP contribution in [-0.4, -0.2) is 30.8 Å². The first-order valence-corrected chi connectivity index (χ1v) is 11.4. The summed E-state index contributed by atoms with van der Waals surface area (Å²) in [7, 11) is -2.12. The van der Waals surface area contributed by atoms with E-state index in [2.05, 4.69) is 26.6 Å². The van der Waals surface area contributed by atoms with Crippen molar-refractivity contribution in [1.29, 1.82) is 0 Å². The third-order valence-corrected chi connectivity index (χ3v) is 6.54. The fourth-order valence-corrected chi connectivity index (χ4v) is 4.26. The number of rotatable bonds is 6. The average Bonchev–Trinajstić information content (AvgIpc) is 3.15. The van der Waals surface area contributed by atoms with Gasteiger partial charge in [-0.1, -0.05) is 30.3 Å². The number of nitrogens with one attached hydrogen (secondary N) is 2. The van der Waals surface area contributed by atoms with Gasteiger partial charge in [0, 0.05) is 19.3 Å². The normalized spacial score (nSPS) is 11.3. The van der Waals surface area contributed by atoms with Crippen LogP contribution in [0.1, 0.15) is 16.1 Å². The molecule has 7 nitrogen and oxygen atoms in total. The Bertz CT molecular complexity index is 1150. The van der Waals surface area contributed by atoms with E-state index in [0.717, 1.165) is 5.56 Å². The second-order valence-corrected chi connectivity index (χ2v) is 9.52. The Hall–Kier alpha value is -2.53. The lowest BCUT2D eigenvalue weighted by atomic mass is 10.2. The van der Waals surface area contributed by atoms with Crippen LogP contribution in [0.15, 0.2) is 80.7 Å². The SMILES string of the molecule is CN(Cc1ccccc1)S(=O)(=O)c1ccc(NC(=S)NC(=O)c2ccc(Br)o2)cc1. The van der Waals surface area contributed by atoms with Crippen molar-refractivity contribution in [2.45, 2.75) is 11.4 Å². The van der Waals surface area contributed by atoms with E-state index in [1.165, 1.54) is 29.6 Å². The molecule has 30 heavy (non-hydrogen) atoms. The molecule has 3 aromatic rings. The topological polar surface area (TPSA) is 91.7 Å². The summed E-state index contributed by atoms with van der Waals surface area (Å²) in [6.07, 6.45) is 0. The van der Waals surface area contributed by atoms with Gasteiger partial charge in [-0.15, -0.1) is 0 Å². The summed E-state index contributed by atoms with van der Waals surface area (Å²) in [4.78, 5) is 12.2. The van der Waals surface area contributed by atoms with Crippen LogP contribution in [0.5, 0.6) is 0 Å². The second kappa shape index (κ2) is 9.52. The lowest BCUT2D eigenvalue weighted by molar-refractivity contribution is 0.0949. The molecular weight excluding hydrogens is 490 g/mol. The van der Waals surface area contributed by atoms with Gasteiger partial charge < -0.3 is 9.73 Å². The van der Waals surface area contributed by atoms with Crippen LogP contribution in [0.2, 0.25) is 0 Å². The maximum Gasteiger partial charge on any atom is 0.293 e. The molecule has 1 heterocycles. The number of carbonyl (C=O) groups is 1. The number of halogens is 1. The molecular formula is C20H18BrN3O4S2. The van der Waals surface area contributed by atoms with E-state index in [1.54, 1.807) is 18.2 Å². The van der Waals surface area contributed by atoms with Crippen molar-refractivity contribution in [1.82, 2.24) is 9.62 Å². The summed E-state index contributed by atoms with van der Waals surface area (Å²) >= 11 is 8.24. The molecule has 1 aromatic heterocycles. The van der Waals surface area contributed by atoms with Gasteiger partial charge in [-0.3, -0.25) is 10.1 Å². The Balaban J connectivity index is 1.62. The van der Waals surface area contributed by atoms with E-state index < -0.39 is 15.9 Å². The summed E-state index contributed by atoms with van der Waals surface area (Å²) in [5, 5.41) is 5.38. The molecule has 2 N–H and O–H groups in total. The summed E-state index contributed by atoms with van der Waals surface area (Å²) in [6, 6.07) is 18.6. The first-order valence-electron chi connectivity index (χ1n) is 8.74. The fraction of sp³-hybridized carbons (Fsp3) is 0.100. The molecule has 0 atom stereocenters. The summed E-state index contributed by atoms with van der Waals surface area (Å²) < 4.78 is 32.4. The van der Waals surface area contributed by atoms with E-state index in [4.69, 9.17) is 16.6 Å². The first kappa shape index (κ1) is 22.2. The molecule has 156 valence electrons. The van der Waals surface area contributed by atoms with Crippen LogP contribution < -0.4 is 10.6 Å². The van der Waals surface area contributed by atoms with Crippen molar-refractivity contribution in [3.05, 3.63) is 82.7 Å². The molecule has 0 bridgehead atoms. The van der Waals surface area contributed by atoms with E-state index in [0.29, 0.717) is 10.4 Å². The summed E-state index contributed by atoms with van der Waals surface area (Å²) in [5.74, 6) is -0.395. The zero-order chi connectivity index (χ0) is 21.7. The number of amides is 1. The van der Waals surface area contributed by atoms with Crippen molar-refractivity contribution in [3.63, 3.8) is 0 Å². The van der Waals surface area contributed by atoms with Crippen molar-refractivity contribution in [2.75, 3.05) is 12.4 Å². The molecule has 0 aliphatic heterocycles. The first-order chi connectivity index (χ1) is 14.3. The van der Waals surface area contributed by atoms with Crippen LogP contribution in [0, 0.1) is 0 Å². The van der Waals surface area contributed by atoms with Crippen LogP contribution in [-0.2, 0) is 16.6 Å². The van der Waals surface area contributed by atoms with Gasteiger partial charge in [-0.2, -0.15) is 4.31 Å². The van der Waals surface area contributed by atoms with Crippen molar-refractivity contribution in [2.24, 2.45) is 0 Å². The molecule has 0 saturated carbocycles. The number of hydrogen-bond donors (Lipinski definition) is 2. The predicted molar refractivity (Wildman–Crippen MR) is 122 cm³/mol. The van der Waals surface area contributed by atoms with Crippen molar-refractivity contribution < 1.29 is 17.6 Å². The van der Waals surface area contributed by atoms with Gasteiger partial charge in [0.2, 0.25) is 10.0 Å². The minimum absolute atomic E-state index is 0.0596. The number of hydrogen-bond acceptors (Lipinski definition) is 5. The van der Waals surface area contributed by atoms with E-state index in [-0.39, 0.29) is 22.3 Å². The van der Waals surface area contributed by atoms with Crippen molar-refractivity contribution >= 4 is 54.9 Å². The van der Waals surface area contributed by atoms with Crippen LogP contribution >= 0.6 is 28.1 Å². The Morgan fingerprint density at radius 1 is 1.07 bits per heavy atom. The average molecular weight is 508 g/mol. The highest BCUT2D eigenvalue weighted by Crippen LogP contribution is 2.19. The Kier molecular flexibility index (Phi) is 7.03.